The van der Waals surface area contributed by atoms with Crippen LogP contribution in [0.2, 0.25) is 0 Å². The number of urea groups is 1. The molecule has 0 aliphatic heterocycles. The van der Waals surface area contributed by atoms with Gasteiger partial charge < -0.3 is 21.5 Å². The van der Waals surface area contributed by atoms with E-state index in [4.69, 9.17) is 10.8 Å². The number of aryl methyl sites for hydroxylation is 1. The Balaban J connectivity index is 2.57. The van der Waals surface area contributed by atoms with Crippen molar-refractivity contribution in [2.24, 2.45) is 5.73 Å². The first-order valence-electron chi connectivity index (χ1n) is 5.34. The van der Waals surface area contributed by atoms with Crippen LogP contribution in [0.25, 0.3) is 0 Å². The molecule has 1 rings (SSSR count). The molecule has 19 heavy (non-hydrogen) atoms. The predicted molar refractivity (Wildman–Crippen MR) is 67.8 cm³/mol. The first-order chi connectivity index (χ1) is 8.81. The average Bonchev–Trinajstić information content (AvgIpc) is 2.66. The molecule has 0 radical (unpaired) electrons. The number of primary amides is 1. The molecule has 0 aliphatic rings. The smallest absolute Gasteiger partial charge is 0.347 e. The van der Waals surface area contributed by atoms with E-state index in [2.05, 4.69) is 15.6 Å². The SMILES string of the molecule is Cc1nc(CNC(=O)C(C)NC(N)=O)sc1C(=O)O. The Morgan fingerprint density at radius 3 is 2.58 bits per heavy atom. The third kappa shape index (κ3) is 4.21. The van der Waals surface area contributed by atoms with E-state index >= 15 is 0 Å². The molecule has 5 N–H and O–H groups in total. The summed E-state index contributed by atoms with van der Waals surface area (Å²) in [6.07, 6.45) is 0. The molecule has 1 unspecified atom stereocenters. The van der Waals surface area contributed by atoms with Crippen LogP contribution in [0.5, 0.6) is 0 Å². The number of nitrogens with two attached hydrogens (primary N) is 1. The Morgan fingerprint density at radius 2 is 2.11 bits per heavy atom. The second kappa shape index (κ2) is 6.14. The van der Waals surface area contributed by atoms with Crippen LogP contribution in [0.1, 0.15) is 27.3 Å². The van der Waals surface area contributed by atoms with Crippen molar-refractivity contribution in [2.75, 3.05) is 0 Å². The summed E-state index contributed by atoms with van der Waals surface area (Å²) in [6, 6.07) is -1.56. The van der Waals surface area contributed by atoms with Gasteiger partial charge in [-0.05, 0) is 13.8 Å². The normalized spacial score (nSPS) is 11.7. The van der Waals surface area contributed by atoms with Gasteiger partial charge in [0, 0.05) is 0 Å². The van der Waals surface area contributed by atoms with Crippen molar-refractivity contribution in [2.45, 2.75) is 26.4 Å². The van der Waals surface area contributed by atoms with Crippen molar-refractivity contribution in [1.82, 2.24) is 15.6 Å². The van der Waals surface area contributed by atoms with Crippen molar-refractivity contribution >= 4 is 29.2 Å². The minimum absolute atomic E-state index is 0.0996. The number of carboxylic acid groups (broad SMARTS) is 1. The second-order valence-corrected chi connectivity index (χ2v) is 4.86. The largest absolute Gasteiger partial charge is 0.477 e. The monoisotopic (exact) mass is 286 g/mol. The summed E-state index contributed by atoms with van der Waals surface area (Å²) < 4.78 is 0. The standard InChI is InChI=1S/C10H14N4O4S/c1-4-7(9(16)17)19-6(13-4)3-12-8(15)5(2)14-10(11)18/h5H,3H2,1-2H3,(H,12,15)(H,16,17)(H3,11,14,18). The maximum atomic E-state index is 11.6. The van der Waals surface area contributed by atoms with Gasteiger partial charge in [0.1, 0.15) is 15.9 Å². The van der Waals surface area contributed by atoms with Gasteiger partial charge in [-0.15, -0.1) is 11.3 Å². The van der Waals surface area contributed by atoms with E-state index in [0.717, 1.165) is 11.3 Å². The number of carbonyl (C=O) groups is 3. The van der Waals surface area contributed by atoms with Gasteiger partial charge in [-0.25, -0.2) is 14.6 Å². The molecule has 0 aliphatic carbocycles. The third-order valence-electron chi connectivity index (χ3n) is 2.20. The van der Waals surface area contributed by atoms with Gasteiger partial charge in [0.15, 0.2) is 0 Å². The molecule has 9 heteroatoms. The summed E-state index contributed by atoms with van der Waals surface area (Å²) in [7, 11) is 0. The maximum absolute atomic E-state index is 11.6. The number of nitrogens with zero attached hydrogens (tertiary/aromatic N) is 1. The molecule has 104 valence electrons. The highest BCUT2D eigenvalue weighted by Gasteiger charge is 2.16. The zero-order chi connectivity index (χ0) is 14.6. The molecular formula is C10H14N4O4S. The second-order valence-electron chi connectivity index (χ2n) is 3.78. The Labute approximate surface area is 113 Å². The fraction of sp³-hybridized carbons (Fsp3) is 0.400. The number of hydrogen-bond donors (Lipinski definition) is 4. The fourth-order valence-electron chi connectivity index (χ4n) is 1.32. The molecule has 0 saturated heterocycles. The number of carbonyl (C=O) groups excluding carboxylic acids is 2. The van der Waals surface area contributed by atoms with Crippen LogP contribution in [0.15, 0.2) is 0 Å². The lowest BCUT2D eigenvalue weighted by atomic mass is 10.3. The highest BCUT2D eigenvalue weighted by Crippen LogP contribution is 2.17. The van der Waals surface area contributed by atoms with Gasteiger partial charge in [-0.3, -0.25) is 4.79 Å². The average molecular weight is 286 g/mol. The fourth-order valence-corrected chi connectivity index (χ4v) is 2.16. The van der Waals surface area contributed by atoms with Crippen LogP contribution in [0, 0.1) is 6.92 Å². The van der Waals surface area contributed by atoms with Crippen molar-refractivity contribution in [3.8, 4) is 0 Å². The Kier molecular flexibility index (Phi) is 4.81. The molecular weight excluding hydrogens is 272 g/mol. The highest BCUT2D eigenvalue weighted by molar-refractivity contribution is 7.13. The van der Waals surface area contributed by atoms with Gasteiger partial charge in [0.25, 0.3) is 0 Å². The highest BCUT2D eigenvalue weighted by atomic mass is 32.1. The quantitative estimate of drug-likeness (QED) is 0.595. The van der Waals surface area contributed by atoms with Gasteiger partial charge in [0.05, 0.1) is 12.2 Å². The van der Waals surface area contributed by atoms with E-state index in [-0.39, 0.29) is 11.4 Å². The zero-order valence-electron chi connectivity index (χ0n) is 10.4. The summed E-state index contributed by atoms with van der Waals surface area (Å²) in [4.78, 5) is 37.1. The lowest BCUT2D eigenvalue weighted by molar-refractivity contribution is -0.122. The van der Waals surface area contributed by atoms with E-state index in [1.54, 1.807) is 6.92 Å². The minimum atomic E-state index is -1.05. The van der Waals surface area contributed by atoms with Crippen LogP contribution in [0.4, 0.5) is 4.79 Å². The number of amides is 3. The van der Waals surface area contributed by atoms with E-state index < -0.39 is 23.9 Å². The number of rotatable bonds is 5. The molecule has 0 aromatic carbocycles. The lowest BCUT2D eigenvalue weighted by Gasteiger charge is -2.11. The van der Waals surface area contributed by atoms with E-state index in [0.29, 0.717) is 10.7 Å². The predicted octanol–water partition coefficient (Wildman–Crippen LogP) is -0.177. The van der Waals surface area contributed by atoms with Crippen LogP contribution in [-0.2, 0) is 11.3 Å². The van der Waals surface area contributed by atoms with Gasteiger partial charge in [0.2, 0.25) is 5.91 Å². The van der Waals surface area contributed by atoms with E-state index in [1.807, 2.05) is 0 Å². The van der Waals surface area contributed by atoms with Crippen molar-refractivity contribution in [3.63, 3.8) is 0 Å². The van der Waals surface area contributed by atoms with Crippen LogP contribution in [0.3, 0.4) is 0 Å². The van der Waals surface area contributed by atoms with Crippen molar-refractivity contribution < 1.29 is 19.5 Å². The molecule has 0 fully saturated rings. The van der Waals surface area contributed by atoms with E-state index in [9.17, 15) is 14.4 Å². The van der Waals surface area contributed by atoms with Gasteiger partial charge in [-0.1, -0.05) is 0 Å². The molecule has 1 heterocycles. The lowest BCUT2D eigenvalue weighted by Crippen LogP contribution is -2.46. The number of hydrogen-bond acceptors (Lipinski definition) is 5. The maximum Gasteiger partial charge on any atom is 0.347 e. The van der Waals surface area contributed by atoms with Crippen LogP contribution < -0.4 is 16.4 Å². The molecule has 1 aromatic rings. The summed E-state index contributed by atoms with van der Waals surface area (Å²) >= 11 is 0.998. The molecule has 1 atom stereocenters. The number of nitrogens with one attached hydrogen (secondary N) is 2. The van der Waals surface area contributed by atoms with Crippen LogP contribution >= 0.6 is 11.3 Å². The Bertz CT molecular complexity index is 514. The molecule has 0 saturated carbocycles. The summed E-state index contributed by atoms with van der Waals surface area (Å²) in [6.45, 7) is 3.17. The molecule has 8 nitrogen and oxygen atoms in total. The summed E-state index contributed by atoms with van der Waals surface area (Å²) in [5.41, 5.74) is 5.30. The number of aromatic nitrogens is 1. The summed E-state index contributed by atoms with van der Waals surface area (Å²) in [5, 5.41) is 14.1. The Hall–Kier alpha value is -2.16. The zero-order valence-corrected chi connectivity index (χ0v) is 11.2. The number of carboxylic acids is 1. The molecule has 3 amide bonds. The van der Waals surface area contributed by atoms with E-state index in [1.165, 1.54) is 6.92 Å². The third-order valence-corrected chi connectivity index (χ3v) is 3.35. The number of thiazole rings is 1. The Morgan fingerprint density at radius 1 is 1.47 bits per heavy atom. The van der Waals surface area contributed by atoms with Crippen molar-refractivity contribution in [3.05, 3.63) is 15.6 Å². The molecule has 0 spiro atoms. The summed E-state index contributed by atoms with van der Waals surface area (Å²) in [5.74, 6) is -1.47. The first-order valence-corrected chi connectivity index (χ1v) is 6.16. The molecule has 0 bridgehead atoms. The van der Waals surface area contributed by atoms with Gasteiger partial charge in [-0.2, -0.15) is 0 Å². The van der Waals surface area contributed by atoms with Crippen LogP contribution in [-0.4, -0.2) is 34.0 Å². The molecule has 1 aromatic heterocycles. The first kappa shape index (κ1) is 14.9. The van der Waals surface area contributed by atoms with Crippen molar-refractivity contribution in [1.29, 1.82) is 0 Å². The minimum Gasteiger partial charge on any atom is -0.477 e. The topological polar surface area (TPSA) is 134 Å². The van der Waals surface area contributed by atoms with Gasteiger partial charge >= 0.3 is 12.0 Å². The number of aromatic carboxylic acids is 1.